The molecule has 1 aromatic heterocycles. The predicted molar refractivity (Wildman–Crippen MR) is 151 cm³/mol. The van der Waals surface area contributed by atoms with Crippen LogP contribution in [-0.2, 0) is 11.2 Å². The summed E-state index contributed by atoms with van der Waals surface area (Å²) in [4.78, 5) is 7.53. The molecule has 1 aliphatic carbocycles. The van der Waals surface area contributed by atoms with Gasteiger partial charge in [-0.05, 0) is 92.9 Å². The second kappa shape index (κ2) is 12.6. The first-order valence-corrected chi connectivity index (χ1v) is 13.9. The minimum atomic E-state index is 0.154. The Morgan fingerprint density at radius 1 is 1.00 bits per heavy atom. The first-order chi connectivity index (χ1) is 18.2. The summed E-state index contributed by atoms with van der Waals surface area (Å²) >= 11 is 5.98. The number of likely N-dealkylation sites (tertiary alicyclic amines) is 1. The van der Waals surface area contributed by atoms with Gasteiger partial charge in [0.25, 0.3) is 0 Å². The second-order valence-corrected chi connectivity index (χ2v) is 10.2. The molecule has 37 heavy (non-hydrogen) atoms. The molecular weight excluding hydrogens is 482 g/mol. The molecule has 2 heterocycles. The summed E-state index contributed by atoms with van der Waals surface area (Å²) in [6.45, 7) is 6.48. The number of halogens is 1. The summed E-state index contributed by atoms with van der Waals surface area (Å²) in [6.07, 6.45) is 15.7. The van der Waals surface area contributed by atoms with E-state index in [1.807, 2.05) is 36.4 Å². The summed E-state index contributed by atoms with van der Waals surface area (Å²) in [5.41, 5.74) is 3.26. The molecule has 5 rings (SSSR count). The molecule has 0 saturated carbocycles. The van der Waals surface area contributed by atoms with Crippen LogP contribution in [0.2, 0.25) is 5.02 Å². The molecule has 5 nitrogen and oxygen atoms in total. The molecule has 0 N–H and O–H groups in total. The van der Waals surface area contributed by atoms with Crippen molar-refractivity contribution >= 4 is 17.2 Å². The van der Waals surface area contributed by atoms with Crippen LogP contribution in [0.25, 0.3) is 11.3 Å². The number of nitrogens with zero attached hydrogens (tertiary/aromatic N) is 3. The van der Waals surface area contributed by atoms with E-state index >= 15 is 0 Å². The first kappa shape index (κ1) is 25.8. The third-order valence-electron chi connectivity index (χ3n) is 6.99. The topological polar surface area (TPSA) is 39.5 Å². The molecule has 2 aliphatic rings. The van der Waals surface area contributed by atoms with E-state index in [-0.39, 0.29) is 6.10 Å². The minimum Gasteiger partial charge on any atom is -0.457 e. The molecule has 3 aromatic rings. The lowest BCUT2D eigenvalue weighted by Crippen LogP contribution is -2.26. The van der Waals surface area contributed by atoms with Gasteiger partial charge in [-0.25, -0.2) is 4.98 Å². The fourth-order valence-corrected chi connectivity index (χ4v) is 4.99. The molecule has 1 aliphatic heterocycles. The van der Waals surface area contributed by atoms with Crippen LogP contribution in [0.5, 0.6) is 11.5 Å². The predicted octanol–water partition coefficient (Wildman–Crippen LogP) is 7.48. The van der Waals surface area contributed by atoms with Crippen LogP contribution < -0.4 is 4.74 Å². The lowest BCUT2D eigenvalue weighted by molar-refractivity contribution is 0.0704. The highest BCUT2D eigenvalue weighted by molar-refractivity contribution is 6.30. The second-order valence-electron chi connectivity index (χ2n) is 9.78. The van der Waals surface area contributed by atoms with Crippen molar-refractivity contribution < 1.29 is 9.47 Å². The molecule has 6 heteroatoms. The third-order valence-corrected chi connectivity index (χ3v) is 7.24. The van der Waals surface area contributed by atoms with E-state index in [0.717, 1.165) is 67.5 Å². The van der Waals surface area contributed by atoms with Crippen LogP contribution in [0.15, 0.2) is 73.0 Å². The molecule has 194 valence electrons. The van der Waals surface area contributed by atoms with Crippen LogP contribution >= 0.6 is 11.6 Å². The van der Waals surface area contributed by atoms with E-state index in [9.17, 15) is 0 Å². The Labute approximate surface area is 225 Å². The summed E-state index contributed by atoms with van der Waals surface area (Å²) in [6, 6.07) is 15.6. The molecule has 0 radical (unpaired) electrons. The molecular formula is C31H36ClN3O2. The zero-order chi connectivity index (χ0) is 25.5. The highest BCUT2D eigenvalue weighted by atomic mass is 35.5. The van der Waals surface area contributed by atoms with Crippen LogP contribution in [-0.4, -0.2) is 46.8 Å². The average Bonchev–Trinajstić information content (AvgIpc) is 3.60. The number of imidazole rings is 1. The van der Waals surface area contributed by atoms with Crippen molar-refractivity contribution in [1.29, 1.82) is 0 Å². The maximum Gasteiger partial charge on any atom is 0.127 e. The van der Waals surface area contributed by atoms with Crippen LogP contribution in [0.1, 0.15) is 50.5 Å². The van der Waals surface area contributed by atoms with Gasteiger partial charge < -0.3 is 18.9 Å². The normalized spacial score (nSPS) is 17.8. The van der Waals surface area contributed by atoms with Gasteiger partial charge in [-0.2, -0.15) is 0 Å². The van der Waals surface area contributed by atoms with Crippen molar-refractivity contribution in [3.63, 3.8) is 0 Å². The minimum absolute atomic E-state index is 0.154. The molecule has 1 fully saturated rings. The SMILES string of the molecule is CCCCc1nc(C2=CCC(OCCN3CCCC3)C=C2)cn1-c1ccc(Oc2ccc(Cl)cc2)cc1. The number of aryl methyl sites for hydroxylation is 1. The molecule has 0 amide bonds. The van der Waals surface area contributed by atoms with Crippen molar-refractivity contribution in [2.45, 2.75) is 51.6 Å². The lowest BCUT2D eigenvalue weighted by atomic mass is 10.0. The number of allylic oxidation sites excluding steroid dienone is 2. The van der Waals surface area contributed by atoms with Gasteiger partial charge in [0.05, 0.1) is 18.4 Å². The molecule has 0 spiro atoms. The smallest absolute Gasteiger partial charge is 0.127 e. The average molecular weight is 518 g/mol. The van der Waals surface area contributed by atoms with Crippen molar-refractivity contribution in [3.8, 4) is 17.2 Å². The van der Waals surface area contributed by atoms with E-state index in [0.29, 0.717) is 5.02 Å². The van der Waals surface area contributed by atoms with E-state index in [1.165, 1.54) is 31.5 Å². The first-order valence-electron chi connectivity index (χ1n) is 13.5. The zero-order valence-corrected chi connectivity index (χ0v) is 22.4. The Hall–Kier alpha value is -2.86. The Balaban J connectivity index is 1.25. The lowest BCUT2D eigenvalue weighted by Gasteiger charge is -2.19. The Kier molecular flexibility index (Phi) is 8.77. The Morgan fingerprint density at radius 2 is 1.73 bits per heavy atom. The maximum atomic E-state index is 6.12. The molecule has 1 atom stereocenters. The summed E-state index contributed by atoms with van der Waals surface area (Å²) < 4.78 is 14.3. The van der Waals surface area contributed by atoms with Gasteiger partial charge in [0.15, 0.2) is 0 Å². The summed E-state index contributed by atoms with van der Waals surface area (Å²) in [7, 11) is 0. The summed E-state index contributed by atoms with van der Waals surface area (Å²) in [5.74, 6) is 2.64. The largest absolute Gasteiger partial charge is 0.457 e. The highest BCUT2D eigenvalue weighted by Gasteiger charge is 2.17. The van der Waals surface area contributed by atoms with Gasteiger partial charge in [0, 0.05) is 29.9 Å². The van der Waals surface area contributed by atoms with Crippen LogP contribution in [0.4, 0.5) is 0 Å². The molecule has 0 bridgehead atoms. The quantitative estimate of drug-likeness (QED) is 0.264. The van der Waals surface area contributed by atoms with Crippen LogP contribution in [0.3, 0.4) is 0 Å². The fraction of sp³-hybridized carbons (Fsp3) is 0.387. The van der Waals surface area contributed by atoms with E-state index in [4.69, 9.17) is 26.1 Å². The van der Waals surface area contributed by atoms with Gasteiger partial charge >= 0.3 is 0 Å². The molecule has 2 aromatic carbocycles. The maximum absolute atomic E-state index is 6.12. The number of rotatable bonds is 11. The third kappa shape index (κ3) is 6.92. The number of unbranched alkanes of at least 4 members (excludes halogenated alkanes) is 1. The van der Waals surface area contributed by atoms with Crippen molar-refractivity contribution in [2.24, 2.45) is 0 Å². The number of hydrogen-bond acceptors (Lipinski definition) is 4. The van der Waals surface area contributed by atoms with Crippen LogP contribution in [0, 0.1) is 0 Å². The number of aromatic nitrogens is 2. The molecule has 1 saturated heterocycles. The molecule has 1 unspecified atom stereocenters. The van der Waals surface area contributed by atoms with Gasteiger partial charge in [-0.1, -0.05) is 43.2 Å². The van der Waals surface area contributed by atoms with Gasteiger partial charge in [-0.15, -0.1) is 0 Å². The van der Waals surface area contributed by atoms with E-state index in [1.54, 1.807) is 0 Å². The van der Waals surface area contributed by atoms with Gasteiger partial charge in [0.2, 0.25) is 0 Å². The summed E-state index contributed by atoms with van der Waals surface area (Å²) in [5, 5.41) is 0.696. The van der Waals surface area contributed by atoms with Gasteiger partial charge in [-0.3, -0.25) is 0 Å². The number of benzene rings is 2. The monoisotopic (exact) mass is 517 g/mol. The number of hydrogen-bond donors (Lipinski definition) is 0. The Bertz CT molecular complexity index is 1210. The fourth-order valence-electron chi connectivity index (χ4n) is 4.86. The standard InChI is InChI=1S/C31H36ClN3O2/c1-2-3-6-31-33-30(24-7-13-27(14-8-24)36-22-21-34-19-4-5-20-34)23-35(31)26-11-17-29(18-12-26)37-28-15-9-25(32)10-16-28/h7-13,15-18,23,27H,2-6,14,19-22H2,1H3. The highest BCUT2D eigenvalue weighted by Crippen LogP contribution is 2.27. The van der Waals surface area contributed by atoms with Crippen molar-refractivity contribution in [2.75, 3.05) is 26.2 Å². The van der Waals surface area contributed by atoms with Crippen molar-refractivity contribution in [1.82, 2.24) is 14.5 Å². The van der Waals surface area contributed by atoms with E-state index < -0.39 is 0 Å². The van der Waals surface area contributed by atoms with Gasteiger partial charge in [0.1, 0.15) is 17.3 Å². The van der Waals surface area contributed by atoms with E-state index in [2.05, 4.69) is 52.9 Å². The zero-order valence-electron chi connectivity index (χ0n) is 21.6. The Morgan fingerprint density at radius 3 is 2.41 bits per heavy atom. The van der Waals surface area contributed by atoms with Crippen molar-refractivity contribution in [3.05, 3.63) is 89.5 Å². The number of ether oxygens (including phenoxy) is 2.